The van der Waals surface area contributed by atoms with Crippen molar-refractivity contribution in [2.75, 3.05) is 6.61 Å². The molecule has 1 aliphatic carbocycles. The lowest BCUT2D eigenvalue weighted by Crippen LogP contribution is -2.40. The third kappa shape index (κ3) is 3.93. The summed E-state index contributed by atoms with van der Waals surface area (Å²) >= 11 is 0. The molecule has 0 heterocycles. The average molecular weight is 309 g/mol. The molecule has 0 saturated heterocycles. The molecule has 1 unspecified atom stereocenters. The Hall–Kier alpha value is -1.17. The fourth-order valence-electron chi connectivity index (χ4n) is 2.56. The second-order valence-corrected chi connectivity index (χ2v) is 7.56. The van der Waals surface area contributed by atoms with Gasteiger partial charge in [-0.25, -0.2) is 13.1 Å². The number of allylic oxidation sites excluding steroid dienone is 1. The van der Waals surface area contributed by atoms with Crippen molar-refractivity contribution in [1.29, 1.82) is 0 Å². The van der Waals surface area contributed by atoms with Gasteiger partial charge in [-0.3, -0.25) is 0 Å². The number of aliphatic hydroxyl groups excluding tert-OH is 1. The van der Waals surface area contributed by atoms with Crippen molar-refractivity contribution < 1.29 is 13.5 Å². The molecule has 1 aromatic carbocycles. The highest BCUT2D eigenvalue weighted by molar-refractivity contribution is 7.93. The fourth-order valence-corrected chi connectivity index (χ4v) is 4.15. The summed E-state index contributed by atoms with van der Waals surface area (Å²) in [5.74, 6) is 0.142. The summed E-state index contributed by atoms with van der Waals surface area (Å²) in [5.41, 5.74) is 2.17. The zero-order valence-corrected chi connectivity index (χ0v) is 13.4. The van der Waals surface area contributed by atoms with E-state index < -0.39 is 10.0 Å². The van der Waals surface area contributed by atoms with Crippen molar-refractivity contribution in [3.63, 3.8) is 0 Å². The molecule has 1 atom stereocenters. The van der Waals surface area contributed by atoms with Gasteiger partial charge in [-0.1, -0.05) is 38.1 Å². The Kier molecular flexibility index (Phi) is 5.19. The van der Waals surface area contributed by atoms with Gasteiger partial charge in [0.25, 0.3) is 0 Å². The number of fused-ring (bicyclic) bond motifs is 1. The van der Waals surface area contributed by atoms with E-state index in [0.717, 1.165) is 12.0 Å². The maximum absolute atomic E-state index is 12.5. The Labute approximate surface area is 126 Å². The zero-order chi connectivity index (χ0) is 15.5. The summed E-state index contributed by atoms with van der Waals surface area (Å²) in [6.45, 7) is 3.88. The van der Waals surface area contributed by atoms with Gasteiger partial charge in [0.05, 0.1) is 4.91 Å². The third-order valence-electron chi connectivity index (χ3n) is 3.91. The van der Waals surface area contributed by atoms with Crippen molar-refractivity contribution in [2.24, 2.45) is 5.92 Å². The van der Waals surface area contributed by atoms with Gasteiger partial charge in [0.2, 0.25) is 10.0 Å². The van der Waals surface area contributed by atoms with Gasteiger partial charge in [0.15, 0.2) is 0 Å². The van der Waals surface area contributed by atoms with E-state index in [2.05, 4.69) is 4.72 Å². The minimum Gasteiger partial charge on any atom is -0.396 e. The van der Waals surface area contributed by atoms with Crippen LogP contribution in [0.5, 0.6) is 0 Å². The third-order valence-corrected chi connectivity index (χ3v) is 5.53. The maximum Gasteiger partial charge on any atom is 0.236 e. The lowest BCUT2D eigenvalue weighted by Gasteiger charge is -2.24. The van der Waals surface area contributed by atoms with Crippen LogP contribution in [-0.4, -0.2) is 26.2 Å². The van der Waals surface area contributed by atoms with Crippen molar-refractivity contribution in [1.82, 2.24) is 4.72 Å². The highest BCUT2D eigenvalue weighted by Crippen LogP contribution is 2.27. The van der Waals surface area contributed by atoms with E-state index >= 15 is 0 Å². The van der Waals surface area contributed by atoms with Crippen LogP contribution in [0.25, 0.3) is 6.08 Å². The van der Waals surface area contributed by atoms with Crippen molar-refractivity contribution >= 4 is 16.1 Å². The summed E-state index contributed by atoms with van der Waals surface area (Å²) in [5, 5.41) is 9.07. The van der Waals surface area contributed by atoms with Gasteiger partial charge >= 0.3 is 0 Å². The molecule has 0 saturated carbocycles. The van der Waals surface area contributed by atoms with Crippen LogP contribution >= 0.6 is 0 Å². The molecule has 0 amide bonds. The molecule has 2 rings (SSSR count). The number of hydrogen-bond acceptors (Lipinski definition) is 3. The Balaban J connectivity index is 2.23. The largest absolute Gasteiger partial charge is 0.396 e. The van der Waals surface area contributed by atoms with Crippen LogP contribution in [-0.2, 0) is 16.4 Å². The van der Waals surface area contributed by atoms with Crippen LogP contribution in [0.15, 0.2) is 29.2 Å². The molecule has 4 nitrogen and oxygen atoms in total. The van der Waals surface area contributed by atoms with Crippen molar-refractivity contribution in [3.8, 4) is 0 Å². The Morgan fingerprint density at radius 1 is 1.24 bits per heavy atom. The Bertz CT molecular complexity index is 620. The minimum absolute atomic E-state index is 0.0206. The van der Waals surface area contributed by atoms with Crippen LogP contribution in [0.1, 0.15) is 37.8 Å². The van der Waals surface area contributed by atoms with E-state index in [0.29, 0.717) is 17.7 Å². The first kappa shape index (κ1) is 16.2. The van der Waals surface area contributed by atoms with Crippen LogP contribution in [0.2, 0.25) is 0 Å². The van der Waals surface area contributed by atoms with Crippen LogP contribution < -0.4 is 4.72 Å². The van der Waals surface area contributed by atoms with E-state index in [1.54, 1.807) is 6.08 Å². The first-order chi connectivity index (χ1) is 9.94. The van der Waals surface area contributed by atoms with E-state index in [-0.39, 0.29) is 18.6 Å². The summed E-state index contributed by atoms with van der Waals surface area (Å²) in [6.07, 6.45) is 3.46. The molecule has 0 fully saturated rings. The number of nitrogens with one attached hydrogen (secondary N) is 1. The van der Waals surface area contributed by atoms with Gasteiger partial charge in [-0.05, 0) is 42.4 Å². The molecule has 0 aliphatic heterocycles. The smallest absolute Gasteiger partial charge is 0.236 e. The molecule has 0 bridgehead atoms. The molecule has 0 aromatic heterocycles. The number of aliphatic hydroxyl groups is 1. The summed E-state index contributed by atoms with van der Waals surface area (Å²) < 4.78 is 27.8. The summed E-state index contributed by atoms with van der Waals surface area (Å²) in [4.78, 5) is 0.435. The second kappa shape index (κ2) is 6.73. The second-order valence-electron chi connectivity index (χ2n) is 5.79. The minimum atomic E-state index is -3.49. The molecule has 5 heteroatoms. The fraction of sp³-hybridized carbons (Fsp3) is 0.500. The molecule has 116 valence electrons. The molecule has 1 aliphatic rings. The van der Waals surface area contributed by atoms with Crippen LogP contribution in [0, 0.1) is 5.92 Å². The predicted molar refractivity (Wildman–Crippen MR) is 85.1 cm³/mol. The first-order valence-electron chi connectivity index (χ1n) is 7.35. The molecule has 0 spiro atoms. The predicted octanol–water partition coefficient (Wildman–Crippen LogP) is 2.30. The Morgan fingerprint density at radius 2 is 1.95 bits per heavy atom. The van der Waals surface area contributed by atoms with Crippen molar-refractivity contribution in [3.05, 3.63) is 40.3 Å². The lowest BCUT2D eigenvalue weighted by molar-refractivity contribution is 0.256. The highest BCUT2D eigenvalue weighted by Gasteiger charge is 2.25. The molecule has 2 N–H and O–H groups in total. The Morgan fingerprint density at radius 3 is 2.62 bits per heavy atom. The number of hydrogen-bond donors (Lipinski definition) is 2. The zero-order valence-electron chi connectivity index (χ0n) is 12.5. The van der Waals surface area contributed by atoms with E-state index in [1.165, 1.54) is 5.56 Å². The monoisotopic (exact) mass is 309 g/mol. The number of sulfonamides is 1. The van der Waals surface area contributed by atoms with E-state index in [4.69, 9.17) is 5.11 Å². The normalized spacial score (nSPS) is 16.5. The topological polar surface area (TPSA) is 66.4 Å². The first-order valence-corrected chi connectivity index (χ1v) is 8.84. The average Bonchev–Trinajstić information content (AvgIpc) is 2.46. The maximum atomic E-state index is 12.5. The van der Waals surface area contributed by atoms with Gasteiger partial charge in [-0.2, -0.15) is 0 Å². The van der Waals surface area contributed by atoms with E-state index in [1.807, 2.05) is 38.1 Å². The number of benzene rings is 1. The van der Waals surface area contributed by atoms with Crippen LogP contribution in [0.3, 0.4) is 0 Å². The van der Waals surface area contributed by atoms with Gasteiger partial charge < -0.3 is 5.11 Å². The number of rotatable bonds is 6. The van der Waals surface area contributed by atoms with Crippen molar-refractivity contribution in [2.45, 2.75) is 39.2 Å². The van der Waals surface area contributed by atoms with Crippen LogP contribution in [0.4, 0.5) is 0 Å². The highest BCUT2D eigenvalue weighted by atomic mass is 32.2. The number of aryl methyl sites for hydroxylation is 1. The standard InChI is InChI=1S/C16H23NO3S/c1-12(2)16(9-10-18)17-21(19,20)15-8-7-13-5-3-4-6-14(13)11-15/h3-6,11-12,16-18H,7-10H2,1-2H3. The van der Waals surface area contributed by atoms with Gasteiger partial charge in [0, 0.05) is 12.6 Å². The van der Waals surface area contributed by atoms with Gasteiger partial charge in [0.1, 0.15) is 0 Å². The van der Waals surface area contributed by atoms with E-state index in [9.17, 15) is 8.42 Å². The molecular formula is C16H23NO3S. The molecular weight excluding hydrogens is 286 g/mol. The van der Waals surface area contributed by atoms with Gasteiger partial charge in [-0.15, -0.1) is 0 Å². The quantitative estimate of drug-likeness (QED) is 0.847. The lowest BCUT2D eigenvalue weighted by atomic mass is 9.98. The summed E-state index contributed by atoms with van der Waals surface area (Å²) in [6, 6.07) is 7.63. The molecule has 21 heavy (non-hydrogen) atoms. The molecule has 0 radical (unpaired) electrons. The SMILES string of the molecule is CC(C)C(CCO)NS(=O)(=O)C1=Cc2ccccc2CC1. The summed E-state index contributed by atoms with van der Waals surface area (Å²) in [7, 11) is -3.49. The molecule has 1 aromatic rings.